The van der Waals surface area contributed by atoms with Crippen LogP contribution >= 0.6 is 0 Å². The van der Waals surface area contributed by atoms with E-state index in [1.807, 2.05) is 0 Å². The molecule has 3 aromatic rings. The minimum absolute atomic E-state index is 0.0535. The second-order valence-electron chi connectivity index (χ2n) is 10.8. The maximum Gasteiger partial charge on any atom is 0.244 e. The number of hydrogen-bond donors (Lipinski definition) is 0. The van der Waals surface area contributed by atoms with Gasteiger partial charge in [-0.2, -0.15) is 0 Å². The molecule has 2 aliphatic rings. The van der Waals surface area contributed by atoms with Crippen LogP contribution < -0.4 is 9.30 Å². The van der Waals surface area contributed by atoms with Gasteiger partial charge < -0.3 is 13.9 Å². The molecule has 0 N–H and O–H groups in total. The van der Waals surface area contributed by atoms with Crippen LogP contribution in [0.4, 0.5) is 0 Å². The molecule has 3 nitrogen and oxygen atoms in total. The Balaban J connectivity index is 1.84. The zero-order chi connectivity index (χ0) is 20.1. The first-order valence-corrected chi connectivity index (χ1v) is 10.4. The molecule has 0 spiro atoms. The lowest BCUT2D eigenvalue weighted by atomic mass is 9.63. The fourth-order valence-corrected chi connectivity index (χ4v) is 4.85. The summed E-state index contributed by atoms with van der Waals surface area (Å²) in [6, 6.07) is 11.0. The van der Waals surface area contributed by atoms with Gasteiger partial charge in [0.2, 0.25) is 6.33 Å². The van der Waals surface area contributed by atoms with Crippen LogP contribution in [-0.4, -0.2) is 4.57 Å². The molecule has 0 amide bonds. The third kappa shape index (κ3) is 2.31. The van der Waals surface area contributed by atoms with Crippen molar-refractivity contribution in [1.82, 2.24) is 4.57 Å². The second-order valence-corrected chi connectivity index (χ2v) is 10.8. The fraction of sp³-hybridized carbons (Fsp3) is 0.480. The largest absolute Gasteiger partial charge is 0.469 e. The molecule has 0 radical (unpaired) electrons. The smallest absolute Gasteiger partial charge is 0.244 e. The van der Waals surface area contributed by atoms with E-state index in [2.05, 4.69) is 94.3 Å². The highest BCUT2D eigenvalue weighted by Crippen LogP contribution is 2.49. The average Bonchev–Trinajstić information content (AvgIpc) is 3.00. The molecule has 28 heavy (non-hydrogen) atoms. The van der Waals surface area contributed by atoms with E-state index in [4.69, 9.17) is 4.74 Å². The summed E-state index contributed by atoms with van der Waals surface area (Å²) in [5.74, 6) is 1.86. The first-order chi connectivity index (χ1) is 13.0. The number of para-hydroxylation sites is 1. The zero-order valence-electron chi connectivity index (χ0n) is 18.1. The average molecular weight is 375 g/mol. The molecule has 0 fully saturated rings. The molecule has 0 atom stereocenters. The van der Waals surface area contributed by atoms with E-state index in [1.54, 1.807) is 0 Å². The Kier molecular flexibility index (Phi) is 3.30. The van der Waals surface area contributed by atoms with E-state index < -0.39 is 0 Å². The molecule has 146 valence electrons. The van der Waals surface area contributed by atoms with Crippen molar-refractivity contribution in [2.24, 2.45) is 0 Å². The molecular formula is C25H30N2O. The van der Waals surface area contributed by atoms with Crippen molar-refractivity contribution in [3.63, 3.8) is 0 Å². The predicted molar refractivity (Wildman–Crippen MR) is 113 cm³/mol. The monoisotopic (exact) mass is 374 g/mol. The Morgan fingerprint density at radius 1 is 0.964 bits per heavy atom. The molecule has 1 aromatic heterocycles. The van der Waals surface area contributed by atoms with Gasteiger partial charge in [-0.15, -0.1) is 0 Å². The quantitative estimate of drug-likeness (QED) is 0.276. The van der Waals surface area contributed by atoms with E-state index >= 15 is 0 Å². The van der Waals surface area contributed by atoms with E-state index in [1.165, 1.54) is 24.0 Å². The van der Waals surface area contributed by atoms with Crippen LogP contribution in [0.2, 0.25) is 0 Å². The van der Waals surface area contributed by atoms with Gasteiger partial charge in [0.05, 0.1) is 22.3 Å². The summed E-state index contributed by atoms with van der Waals surface area (Å²) >= 11 is 0. The van der Waals surface area contributed by atoms with Gasteiger partial charge in [0, 0.05) is 0 Å². The summed E-state index contributed by atoms with van der Waals surface area (Å²) in [6.45, 7) is 16.1. The standard InChI is InChI=1S/C25H30N2O/c1-23(2,3)27-15-26-19-13-16-17(25(6,7)12-11-24(16,4)5)14-21(19)28-20-10-8-9-18(27)22(20)26/h8-10,13-14H,11-12H2,1-7H3. The van der Waals surface area contributed by atoms with Gasteiger partial charge in [0.1, 0.15) is 11.5 Å². The van der Waals surface area contributed by atoms with E-state index in [0.29, 0.717) is 0 Å². The van der Waals surface area contributed by atoms with E-state index in [-0.39, 0.29) is 16.4 Å². The molecule has 2 aromatic carbocycles. The topological polar surface area (TPSA) is 18.0 Å². The number of rotatable bonds is 0. The van der Waals surface area contributed by atoms with Crippen LogP contribution in [-0.2, 0) is 16.4 Å². The highest BCUT2D eigenvalue weighted by molar-refractivity contribution is 5.81. The number of nitrogens with zero attached hydrogens (tertiary/aromatic N) is 2. The third-order valence-electron chi connectivity index (χ3n) is 6.71. The molecule has 1 aliphatic carbocycles. The lowest BCUT2D eigenvalue weighted by Gasteiger charge is -2.42. The van der Waals surface area contributed by atoms with Gasteiger partial charge in [0.25, 0.3) is 0 Å². The van der Waals surface area contributed by atoms with Crippen LogP contribution in [0.5, 0.6) is 11.5 Å². The minimum atomic E-state index is -0.0535. The molecule has 0 saturated carbocycles. The minimum Gasteiger partial charge on any atom is -0.469 e. The lowest BCUT2D eigenvalue weighted by Crippen LogP contribution is -2.38. The van der Waals surface area contributed by atoms with Gasteiger partial charge in [-0.25, -0.2) is 0 Å². The zero-order valence-corrected chi connectivity index (χ0v) is 18.1. The lowest BCUT2D eigenvalue weighted by molar-refractivity contribution is -0.576. The highest BCUT2D eigenvalue weighted by Gasteiger charge is 2.39. The molecular weight excluding hydrogens is 344 g/mol. The molecule has 5 rings (SSSR count). The van der Waals surface area contributed by atoms with Crippen molar-refractivity contribution in [1.29, 1.82) is 0 Å². The molecule has 0 bridgehead atoms. The molecule has 2 heterocycles. The summed E-state index contributed by atoms with van der Waals surface area (Å²) < 4.78 is 10.9. The Hall–Kier alpha value is -2.29. The van der Waals surface area contributed by atoms with Crippen molar-refractivity contribution in [2.75, 3.05) is 0 Å². The number of benzene rings is 2. The van der Waals surface area contributed by atoms with Crippen LogP contribution in [0.15, 0.2) is 30.3 Å². The van der Waals surface area contributed by atoms with Crippen molar-refractivity contribution >= 4 is 11.0 Å². The van der Waals surface area contributed by atoms with E-state index in [9.17, 15) is 0 Å². The van der Waals surface area contributed by atoms with Crippen molar-refractivity contribution in [3.05, 3.63) is 47.8 Å². The van der Waals surface area contributed by atoms with Crippen molar-refractivity contribution < 1.29 is 9.30 Å². The molecule has 1 aliphatic heterocycles. The summed E-state index contributed by atoms with van der Waals surface area (Å²) in [4.78, 5) is 0. The number of ether oxygens (including phenoxy) is 1. The molecule has 0 saturated heterocycles. The van der Waals surface area contributed by atoms with Crippen molar-refractivity contribution in [2.45, 2.75) is 77.7 Å². The Labute approximate surface area is 168 Å². The summed E-state index contributed by atoms with van der Waals surface area (Å²) in [7, 11) is 0. The summed E-state index contributed by atoms with van der Waals surface area (Å²) in [5, 5.41) is 0. The fourth-order valence-electron chi connectivity index (χ4n) is 4.85. The molecule has 3 heteroatoms. The Morgan fingerprint density at radius 3 is 2.25 bits per heavy atom. The van der Waals surface area contributed by atoms with Crippen LogP contribution in [0.1, 0.15) is 72.4 Å². The number of imidazole rings is 1. The van der Waals surface area contributed by atoms with Crippen LogP contribution in [0, 0.1) is 6.33 Å². The predicted octanol–water partition coefficient (Wildman–Crippen LogP) is 5.93. The normalized spacial score (nSPS) is 19.1. The van der Waals surface area contributed by atoms with Crippen LogP contribution in [0.25, 0.3) is 16.7 Å². The first kappa shape index (κ1) is 17.8. The summed E-state index contributed by atoms with van der Waals surface area (Å²) in [5.41, 5.74) is 6.53. The first-order valence-electron chi connectivity index (χ1n) is 10.4. The maximum atomic E-state index is 6.45. The van der Waals surface area contributed by atoms with Gasteiger partial charge in [0.15, 0.2) is 0 Å². The second kappa shape index (κ2) is 5.20. The number of aromatic nitrogens is 2. The number of hydrogen-bond acceptors (Lipinski definition) is 1. The van der Waals surface area contributed by atoms with Gasteiger partial charge in [-0.3, -0.25) is 0 Å². The van der Waals surface area contributed by atoms with Crippen LogP contribution in [0.3, 0.4) is 0 Å². The van der Waals surface area contributed by atoms with Crippen molar-refractivity contribution in [3.8, 4) is 17.2 Å². The Bertz CT molecular complexity index is 1130. The highest BCUT2D eigenvalue weighted by atomic mass is 16.5. The summed E-state index contributed by atoms with van der Waals surface area (Å²) in [6.07, 6.45) is 6.04. The number of fused-ring (bicyclic) bond motifs is 3. The SMILES string of the molecule is CC1(C)CCC(C)(C)c2cc3c(cc21)Oc1cccc2c1[n+]-3[c-]n2C(C)(C)C. The molecule has 0 unspecified atom stereocenters. The van der Waals surface area contributed by atoms with E-state index in [0.717, 1.165) is 28.2 Å². The third-order valence-corrected chi connectivity index (χ3v) is 6.71. The van der Waals surface area contributed by atoms with Gasteiger partial charge >= 0.3 is 0 Å². The van der Waals surface area contributed by atoms with Gasteiger partial charge in [-0.1, -0.05) is 39.8 Å². The maximum absolute atomic E-state index is 6.45. The Morgan fingerprint density at radius 2 is 1.61 bits per heavy atom. The van der Waals surface area contributed by atoms with Gasteiger partial charge in [-0.05, 0) is 73.8 Å².